The predicted octanol–water partition coefficient (Wildman–Crippen LogP) is -0.794. The van der Waals surface area contributed by atoms with Crippen LogP contribution in [0.15, 0.2) is 0 Å². The predicted molar refractivity (Wildman–Crippen MR) is 43.8 cm³/mol. The molecule has 2 aliphatic heterocycles. The number of morpholine rings is 1. The van der Waals surface area contributed by atoms with Gasteiger partial charge in [-0.05, 0) is 0 Å². The number of hydrogen-bond donors (Lipinski definition) is 1. The van der Waals surface area contributed by atoms with E-state index in [1.807, 2.05) is 7.05 Å². The Bertz CT molecular complexity index is 195. The minimum Gasteiger partial charge on any atom is -0.378 e. The molecule has 0 aliphatic carbocycles. The van der Waals surface area contributed by atoms with E-state index in [0.717, 1.165) is 13.2 Å². The number of nitrogens with one attached hydrogen (secondary N) is 1. The van der Waals surface area contributed by atoms with E-state index in [0.29, 0.717) is 19.1 Å². The summed E-state index contributed by atoms with van der Waals surface area (Å²) in [7, 11) is 1.85. The molecule has 2 saturated heterocycles. The van der Waals surface area contributed by atoms with Crippen LogP contribution in [0.25, 0.3) is 0 Å². The standard InChI is InChI=1S/C8H14N2O2/c1-10-3-7-5-12-4-6(9-7)2-8(10)11/h6-7,9H,2-5H2,1H3. The Balaban J connectivity index is 2.09. The van der Waals surface area contributed by atoms with Gasteiger partial charge in [-0.15, -0.1) is 0 Å². The summed E-state index contributed by atoms with van der Waals surface area (Å²) in [6, 6.07) is 0.571. The molecular weight excluding hydrogens is 156 g/mol. The van der Waals surface area contributed by atoms with Crippen LogP contribution in [0.5, 0.6) is 0 Å². The lowest BCUT2D eigenvalue weighted by Gasteiger charge is -2.27. The van der Waals surface area contributed by atoms with Crippen molar-refractivity contribution in [1.29, 1.82) is 0 Å². The molecular formula is C8H14N2O2. The maximum absolute atomic E-state index is 11.4. The van der Waals surface area contributed by atoms with Crippen LogP contribution in [0, 0.1) is 0 Å². The molecule has 2 aliphatic rings. The number of rotatable bonds is 0. The first kappa shape index (κ1) is 8.01. The Morgan fingerprint density at radius 1 is 1.50 bits per heavy atom. The first-order valence-electron chi connectivity index (χ1n) is 4.33. The zero-order valence-corrected chi connectivity index (χ0v) is 7.25. The van der Waals surface area contributed by atoms with Crippen LogP contribution in [0.3, 0.4) is 0 Å². The van der Waals surface area contributed by atoms with E-state index in [4.69, 9.17) is 4.74 Å². The third-order valence-corrected chi connectivity index (χ3v) is 2.45. The second kappa shape index (κ2) is 3.03. The number of ether oxygens (including phenoxy) is 1. The molecule has 2 rings (SSSR count). The summed E-state index contributed by atoms with van der Waals surface area (Å²) in [5.74, 6) is 0.223. The van der Waals surface area contributed by atoms with Gasteiger partial charge in [-0.2, -0.15) is 0 Å². The molecule has 2 heterocycles. The van der Waals surface area contributed by atoms with Gasteiger partial charge in [0, 0.05) is 32.1 Å². The molecule has 12 heavy (non-hydrogen) atoms. The minimum absolute atomic E-state index is 0.223. The summed E-state index contributed by atoms with van der Waals surface area (Å²) in [5, 5.41) is 3.39. The number of carbonyl (C=O) groups excluding carboxylic acids is 1. The van der Waals surface area contributed by atoms with Crippen molar-refractivity contribution in [2.45, 2.75) is 18.5 Å². The van der Waals surface area contributed by atoms with Crippen molar-refractivity contribution in [3.8, 4) is 0 Å². The summed E-state index contributed by atoms with van der Waals surface area (Å²) in [4.78, 5) is 13.2. The van der Waals surface area contributed by atoms with E-state index >= 15 is 0 Å². The smallest absolute Gasteiger partial charge is 0.224 e. The number of nitrogens with zero attached hydrogens (tertiary/aromatic N) is 1. The molecule has 0 spiro atoms. The molecule has 2 fully saturated rings. The highest BCUT2D eigenvalue weighted by Crippen LogP contribution is 2.10. The zero-order valence-electron chi connectivity index (χ0n) is 7.25. The number of likely N-dealkylation sites (N-methyl/N-ethyl adjacent to an activating group) is 1. The molecule has 0 aromatic heterocycles. The van der Waals surface area contributed by atoms with E-state index in [2.05, 4.69) is 5.32 Å². The largest absolute Gasteiger partial charge is 0.378 e. The third-order valence-electron chi connectivity index (χ3n) is 2.45. The molecule has 2 unspecified atom stereocenters. The Labute approximate surface area is 71.9 Å². The topological polar surface area (TPSA) is 41.6 Å². The SMILES string of the molecule is CN1CC2COCC(CC1=O)N2. The Hall–Kier alpha value is -0.610. The highest BCUT2D eigenvalue weighted by molar-refractivity contribution is 5.77. The molecule has 4 heteroatoms. The maximum Gasteiger partial charge on any atom is 0.224 e. The van der Waals surface area contributed by atoms with E-state index in [1.54, 1.807) is 4.90 Å². The molecule has 2 atom stereocenters. The quantitative estimate of drug-likeness (QED) is 0.518. The molecule has 4 nitrogen and oxygen atoms in total. The second-order valence-electron chi connectivity index (χ2n) is 3.58. The molecule has 1 amide bonds. The van der Waals surface area contributed by atoms with Crippen molar-refractivity contribution in [3.63, 3.8) is 0 Å². The van der Waals surface area contributed by atoms with Crippen LogP contribution in [0.2, 0.25) is 0 Å². The number of fused-ring (bicyclic) bond motifs is 2. The normalized spacial score (nSPS) is 36.4. The Morgan fingerprint density at radius 2 is 2.25 bits per heavy atom. The van der Waals surface area contributed by atoms with Crippen LogP contribution < -0.4 is 5.32 Å². The Morgan fingerprint density at radius 3 is 3.08 bits per heavy atom. The van der Waals surface area contributed by atoms with Gasteiger partial charge in [0.05, 0.1) is 13.2 Å². The highest BCUT2D eigenvalue weighted by Gasteiger charge is 2.29. The van der Waals surface area contributed by atoms with Gasteiger partial charge in [0.2, 0.25) is 5.91 Å². The Kier molecular flexibility index (Phi) is 2.02. The van der Waals surface area contributed by atoms with Crippen molar-refractivity contribution in [1.82, 2.24) is 10.2 Å². The molecule has 0 radical (unpaired) electrons. The van der Waals surface area contributed by atoms with Gasteiger partial charge in [-0.25, -0.2) is 0 Å². The monoisotopic (exact) mass is 170 g/mol. The lowest BCUT2D eigenvalue weighted by Crippen LogP contribution is -2.49. The van der Waals surface area contributed by atoms with Gasteiger partial charge in [0.25, 0.3) is 0 Å². The van der Waals surface area contributed by atoms with Crippen LogP contribution in [-0.2, 0) is 9.53 Å². The third kappa shape index (κ3) is 1.44. The number of hydrogen-bond acceptors (Lipinski definition) is 3. The van der Waals surface area contributed by atoms with Gasteiger partial charge in [0.15, 0.2) is 0 Å². The fourth-order valence-electron chi connectivity index (χ4n) is 1.80. The van der Waals surface area contributed by atoms with Gasteiger partial charge < -0.3 is 15.0 Å². The van der Waals surface area contributed by atoms with Crippen molar-refractivity contribution in [2.75, 3.05) is 26.8 Å². The second-order valence-corrected chi connectivity index (χ2v) is 3.58. The fourth-order valence-corrected chi connectivity index (χ4v) is 1.80. The molecule has 0 aromatic rings. The lowest BCUT2D eigenvalue weighted by molar-refractivity contribution is -0.129. The summed E-state index contributed by atoms with van der Waals surface area (Å²) in [5.41, 5.74) is 0. The van der Waals surface area contributed by atoms with Crippen molar-refractivity contribution in [2.24, 2.45) is 0 Å². The fraction of sp³-hybridized carbons (Fsp3) is 0.875. The van der Waals surface area contributed by atoms with Gasteiger partial charge in [-0.3, -0.25) is 4.79 Å². The van der Waals surface area contributed by atoms with Crippen molar-refractivity contribution < 1.29 is 9.53 Å². The van der Waals surface area contributed by atoms with Gasteiger partial charge in [-0.1, -0.05) is 0 Å². The van der Waals surface area contributed by atoms with Crippen molar-refractivity contribution >= 4 is 5.91 Å². The molecule has 0 aromatic carbocycles. The first-order valence-corrected chi connectivity index (χ1v) is 4.33. The molecule has 1 N–H and O–H groups in total. The zero-order chi connectivity index (χ0) is 8.55. The van der Waals surface area contributed by atoms with E-state index in [1.165, 1.54) is 0 Å². The lowest BCUT2D eigenvalue weighted by atomic mass is 10.2. The average molecular weight is 170 g/mol. The number of carbonyl (C=O) groups is 1. The average Bonchev–Trinajstić information content (AvgIpc) is 2.11. The van der Waals surface area contributed by atoms with Crippen molar-refractivity contribution in [3.05, 3.63) is 0 Å². The van der Waals surface area contributed by atoms with E-state index in [-0.39, 0.29) is 11.9 Å². The molecule has 68 valence electrons. The summed E-state index contributed by atoms with van der Waals surface area (Å²) < 4.78 is 5.37. The minimum atomic E-state index is 0.223. The van der Waals surface area contributed by atoms with Crippen LogP contribution in [0.1, 0.15) is 6.42 Å². The van der Waals surface area contributed by atoms with E-state index in [9.17, 15) is 4.79 Å². The van der Waals surface area contributed by atoms with Crippen LogP contribution in [-0.4, -0.2) is 49.7 Å². The van der Waals surface area contributed by atoms with E-state index < -0.39 is 0 Å². The van der Waals surface area contributed by atoms with Gasteiger partial charge >= 0.3 is 0 Å². The summed E-state index contributed by atoms with van der Waals surface area (Å²) in [6.45, 7) is 2.18. The summed E-state index contributed by atoms with van der Waals surface area (Å²) >= 11 is 0. The first-order chi connectivity index (χ1) is 5.75. The van der Waals surface area contributed by atoms with Crippen LogP contribution >= 0.6 is 0 Å². The van der Waals surface area contributed by atoms with Gasteiger partial charge in [0.1, 0.15) is 0 Å². The maximum atomic E-state index is 11.4. The number of amides is 1. The molecule has 0 saturated carbocycles. The summed E-state index contributed by atoms with van der Waals surface area (Å²) in [6.07, 6.45) is 0.576. The highest BCUT2D eigenvalue weighted by atomic mass is 16.5. The van der Waals surface area contributed by atoms with Crippen LogP contribution in [0.4, 0.5) is 0 Å². The molecule has 2 bridgehead atoms.